The molecule has 1 amide bonds. The molecule has 0 radical (unpaired) electrons. The molecule has 4 rings (SSSR count). The topological polar surface area (TPSA) is 38.1 Å². The van der Waals surface area contributed by atoms with Crippen molar-refractivity contribution in [1.82, 2.24) is 14.7 Å². The first-order valence-electron chi connectivity index (χ1n) is 8.40. The van der Waals surface area contributed by atoms with Gasteiger partial charge in [0.1, 0.15) is 5.82 Å². The second-order valence-corrected chi connectivity index (χ2v) is 6.37. The van der Waals surface area contributed by atoms with E-state index in [0.29, 0.717) is 5.69 Å². The van der Waals surface area contributed by atoms with Crippen LogP contribution in [0.1, 0.15) is 47.4 Å². The lowest BCUT2D eigenvalue weighted by Gasteiger charge is -2.26. The number of hydrogen-bond acceptors (Lipinski definition) is 2. The number of amides is 1. The molecule has 0 unspecified atom stereocenters. The number of fused-ring (bicyclic) bond motifs is 1. The number of hydrogen-bond donors (Lipinski definition) is 0. The molecule has 0 bridgehead atoms. The second kappa shape index (κ2) is 5.80. The number of halogens is 1. The van der Waals surface area contributed by atoms with E-state index in [9.17, 15) is 9.18 Å². The summed E-state index contributed by atoms with van der Waals surface area (Å²) in [6, 6.07) is 6.31. The molecule has 23 heavy (non-hydrogen) atoms. The molecule has 1 aromatic carbocycles. The van der Waals surface area contributed by atoms with Crippen molar-refractivity contribution in [1.29, 1.82) is 0 Å². The van der Waals surface area contributed by atoms with E-state index < -0.39 is 0 Å². The monoisotopic (exact) mass is 313 g/mol. The summed E-state index contributed by atoms with van der Waals surface area (Å²) in [5, 5.41) is 4.61. The number of carbonyl (C=O) groups excluding carboxylic acids is 1. The fourth-order valence-corrected chi connectivity index (χ4v) is 3.65. The fraction of sp³-hybridized carbons (Fsp3) is 0.444. The van der Waals surface area contributed by atoms with E-state index in [1.807, 2.05) is 9.58 Å². The maximum absolute atomic E-state index is 13.2. The largest absolute Gasteiger partial charge is 0.337 e. The van der Waals surface area contributed by atoms with Crippen LogP contribution in [0.2, 0.25) is 0 Å². The van der Waals surface area contributed by atoms with Crippen molar-refractivity contribution in [2.45, 2.75) is 38.5 Å². The minimum atomic E-state index is -0.262. The van der Waals surface area contributed by atoms with Crippen LogP contribution in [-0.2, 0) is 12.8 Å². The molecular weight excluding hydrogens is 293 g/mol. The summed E-state index contributed by atoms with van der Waals surface area (Å²) in [5.74, 6) is -0.203. The van der Waals surface area contributed by atoms with E-state index >= 15 is 0 Å². The highest BCUT2D eigenvalue weighted by Gasteiger charge is 2.30. The van der Waals surface area contributed by atoms with Crippen LogP contribution in [0, 0.1) is 5.82 Å². The molecule has 2 aromatic rings. The summed E-state index contributed by atoms with van der Waals surface area (Å²) < 4.78 is 15.0. The van der Waals surface area contributed by atoms with Crippen LogP contribution < -0.4 is 0 Å². The maximum Gasteiger partial charge on any atom is 0.274 e. The fourth-order valence-electron chi connectivity index (χ4n) is 3.65. The van der Waals surface area contributed by atoms with Crippen LogP contribution in [0.3, 0.4) is 0 Å². The summed E-state index contributed by atoms with van der Waals surface area (Å²) in [6.45, 7) is 1.66. The highest BCUT2D eigenvalue weighted by atomic mass is 19.1. The third kappa shape index (κ3) is 2.54. The molecule has 1 aliphatic carbocycles. The normalized spacial score (nSPS) is 17.3. The predicted molar refractivity (Wildman–Crippen MR) is 85.3 cm³/mol. The third-order valence-corrected chi connectivity index (χ3v) is 4.85. The molecular formula is C18H20FN3O. The Kier molecular flexibility index (Phi) is 3.63. The van der Waals surface area contributed by atoms with E-state index in [2.05, 4.69) is 5.10 Å². The molecule has 0 spiro atoms. The van der Waals surface area contributed by atoms with E-state index in [-0.39, 0.29) is 11.7 Å². The zero-order valence-corrected chi connectivity index (χ0v) is 13.1. The molecule has 120 valence electrons. The summed E-state index contributed by atoms with van der Waals surface area (Å²) >= 11 is 0. The summed E-state index contributed by atoms with van der Waals surface area (Å²) in [7, 11) is 0. The number of benzene rings is 1. The Morgan fingerprint density at radius 1 is 1.00 bits per heavy atom. The van der Waals surface area contributed by atoms with Gasteiger partial charge in [0.15, 0.2) is 5.69 Å². The van der Waals surface area contributed by atoms with E-state index in [1.165, 1.54) is 18.6 Å². The number of carbonyl (C=O) groups is 1. The molecule has 1 aromatic heterocycles. The van der Waals surface area contributed by atoms with Crippen LogP contribution in [0.5, 0.6) is 0 Å². The minimum Gasteiger partial charge on any atom is -0.337 e. The van der Waals surface area contributed by atoms with Gasteiger partial charge in [-0.1, -0.05) is 0 Å². The molecule has 2 aliphatic rings. The van der Waals surface area contributed by atoms with Gasteiger partial charge in [0, 0.05) is 24.3 Å². The molecule has 5 heteroatoms. The molecule has 2 heterocycles. The van der Waals surface area contributed by atoms with Crippen LogP contribution in [-0.4, -0.2) is 33.7 Å². The van der Waals surface area contributed by atoms with Gasteiger partial charge in [-0.3, -0.25) is 4.79 Å². The Hall–Kier alpha value is -2.17. The highest BCUT2D eigenvalue weighted by Crippen LogP contribution is 2.29. The number of aromatic nitrogens is 2. The van der Waals surface area contributed by atoms with Gasteiger partial charge in [-0.15, -0.1) is 0 Å². The van der Waals surface area contributed by atoms with Gasteiger partial charge in [0.05, 0.1) is 5.69 Å². The van der Waals surface area contributed by atoms with Crippen LogP contribution in [0.15, 0.2) is 24.3 Å². The van der Waals surface area contributed by atoms with Gasteiger partial charge in [0.25, 0.3) is 5.91 Å². The van der Waals surface area contributed by atoms with Crippen LogP contribution in [0.4, 0.5) is 4.39 Å². The zero-order valence-electron chi connectivity index (χ0n) is 13.1. The number of piperidine rings is 1. The Balaban J connectivity index is 1.72. The smallest absolute Gasteiger partial charge is 0.274 e. The van der Waals surface area contributed by atoms with Crippen molar-refractivity contribution in [3.05, 3.63) is 47.0 Å². The van der Waals surface area contributed by atoms with Gasteiger partial charge in [0.2, 0.25) is 0 Å². The summed E-state index contributed by atoms with van der Waals surface area (Å²) in [4.78, 5) is 14.8. The lowest BCUT2D eigenvalue weighted by atomic mass is 10.1. The van der Waals surface area contributed by atoms with Gasteiger partial charge >= 0.3 is 0 Å². The molecule has 4 nitrogen and oxygen atoms in total. The second-order valence-electron chi connectivity index (χ2n) is 6.37. The van der Waals surface area contributed by atoms with Crippen molar-refractivity contribution in [3.8, 4) is 5.69 Å². The lowest BCUT2D eigenvalue weighted by molar-refractivity contribution is 0.0717. The highest BCUT2D eigenvalue weighted by molar-refractivity contribution is 5.94. The maximum atomic E-state index is 13.2. The SMILES string of the molecule is O=C(c1nn(-c2ccc(F)cc2)c2c1CCC2)N1CCCCC1. The first-order valence-corrected chi connectivity index (χ1v) is 8.40. The van der Waals surface area contributed by atoms with Crippen molar-refractivity contribution in [3.63, 3.8) is 0 Å². The molecule has 1 aliphatic heterocycles. The van der Waals surface area contributed by atoms with Gasteiger partial charge in [-0.25, -0.2) is 9.07 Å². The minimum absolute atomic E-state index is 0.0590. The summed E-state index contributed by atoms with van der Waals surface area (Å²) in [5.41, 5.74) is 3.62. The average molecular weight is 313 g/mol. The standard InChI is InChI=1S/C18H20FN3O/c19-13-7-9-14(10-8-13)22-16-6-4-5-15(16)17(20-22)18(23)21-11-2-1-3-12-21/h7-10H,1-6,11-12H2. The van der Waals surface area contributed by atoms with Crippen LogP contribution >= 0.6 is 0 Å². The number of likely N-dealkylation sites (tertiary alicyclic amines) is 1. The number of nitrogens with zero attached hydrogens (tertiary/aromatic N) is 3. The van der Waals surface area contributed by atoms with Crippen molar-refractivity contribution in [2.24, 2.45) is 0 Å². The zero-order chi connectivity index (χ0) is 15.8. The van der Waals surface area contributed by atoms with Gasteiger partial charge < -0.3 is 4.90 Å². The van der Waals surface area contributed by atoms with Gasteiger partial charge in [-0.2, -0.15) is 5.10 Å². The molecule has 1 saturated heterocycles. The van der Waals surface area contributed by atoms with Gasteiger partial charge in [-0.05, 0) is 62.8 Å². The van der Waals surface area contributed by atoms with E-state index in [0.717, 1.165) is 62.1 Å². The molecule has 0 N–H and O–H groups in total. The first-order chi connectivity index (χ1) is 11.2. The molecule has 0 atom stereocenters. The Morgan fingerprint density at radius 2 is 1.74 bits per heavy atom. The summed E-state index contributed by atoms with van der Waals surface area (Å²) in [6.07, 6.45) is 6.23. The molecule has 0 saturated carbocycles. The average Bonchev–Trinajstić information content (AvgIpc) is 3.18. The van der Waals surface area contributed by atoms with Crippen molar-refractivity contribution >= 4 is 5.91 Å². The van der Waals surface area contributed by atoms with E-state index in [1.54, 1.807) is 12.1 Å². The molecule has 1 fully saturated rings. The van der Waals surface area contributed by atoms with Crippen molar-refractivity contribution in [2.75, 3.05) is 13.1 Å². The Bertz CT molecular complexity index is 729. The third-order valence-electron chi connectivity index (χ3n) is 4.85. The Labute approximate surface area is 134 Å². The quantitative estimate of drug-likeness (QED) is 0.854. The van der Waals surface area contributed by atoms with E-state index in [4.69, 9.17) is 0 Å². The van der Waals surface area contributed by atoms with Crippen LogP contribution in [0.25, 0.3) is 5.69 Å². The lowest BCUT2D eigenvalue weighted by Crippen LogP contribution is -2.36. The predicted octanol–water partition coefficient (Wildman–Crippen LogP) is 3.13. The first kappa shape index (κ1) is 14.4. The van der Waals surface area contributed by atoms with Crippen molar-refractivity contribution < 1.29 is 9.18 Å². The number of rotatable bonds is 2. The Morgan fingerprint density at radius 3 is 2.48 bits per heavy atom.